The number of halogens is 1. The van der Waals surface area contributed by atoms with Crippen molar-refractivity contribution in [3.63, 3.8) is 0 Å². The molecule has 0 spiro atoms. The van der Waals surface area contributed by atoms with Gasteiger partial charge in [-0.05, 0) is 77.9 Å². The van der Waals surface area contributed by atoms with Gasteiger partial charge in [0.2, 0.25) is 5.91 Å². The highest BCUT2D eigenvalue weighted by Crippen LogP contribution is 2.24. The van der Waals surface area contributed by atoms with Crippen molar-refractivity contribution in [3.8, 4) is 0 Å². The van der Waals surface area contributed by atoms with Crippen molar-refractivity contribution in [3.05, 3.63) is 64.2 Å². The molecule has 1 aliphatic carbocycles. The molecule has 2 N–H and O–H groups in total. The third-order valence-corrected chi connectivity index (χ3v) is 4.28. The number of nitrogens with two attached hydrogens (primary N) is 1. The molecule has 0 saturated carbocycles. The molecular weight excluding hydrogens is 322 g/mol. The lowest BCUT2D eigenvalue weighted by molar-refractivity contribution is 0.1000. The predicted molar refractivity (Wildman–Crippen MR) is 85.6 cm³/mol. The van der Waals surface area contributed by atoms with Gasteiger partial charge in [-0.3, -0.25) is 9.00 Å². The fourth-order valence-corrected chi connectivity index (χ4v) is 2.82. The van der Waals surface area contributed by atoms with Crippen molar-refractivity contribution in [2.75, 3.05) is 0 Å². The fraction of sp³-hybridized carbons (Fsp3) is 0.188. The Morgan fingerprint density at radius 1 is 1.09 bits per heavy atom. The molecule has 0 saturated heterocycles. The molecule has 2 aromatic rings. The van der Waals surface area contributed by atoms with Gasteiger partial charge in [-0.15, -0.1) is 0 Å². The molecule has 1 aliphatic rings. The number of fused-ring (bicyclic) bond motifs is 1. The van der Waals surface area contributed by atoms with Crippen LogP contribution in [0, 0.1) is 0 Å². The van der Waals surface area contributed by atoms with E-state index in [9.17, 15) is 13.6 Å². The topological polar surface area (TPSA) is 83.2 Å². The lowest BCUT2D eigenvalue weighted by Gasteiger charge is -2.04. The summed E-state index contributed by atoms with van der Waals surface area (Å²) in [4.78, 5) is 10.7. The van der Waals surface area contributed by atoms with E-state index in [4.69, 9.17) is 17.3 Å². The van der Waals surface area contributed by atoms with Crippen molar-refractivity contribution >= 4 is 28.6 Å². The first-order chi connectivity index (χ1) is 10.5. The molecule has 3 rings (SSSR count). The Morgan fingerprint density at radius 3 is 2.32 bits per heavy atom. The highest BCUT2D eigenvalue weighted by atomic mass is 35.5. The molecule has 1 amide bonds. The van der Waals surface area contributed by atoms with Crippen LogP contribution in [0.5, 0.6) is 0 Å². The zero-order valence-electron chi connectivity index (χ0n) is 11.8. The number of carbonyl (C=O) groups is 1. The standard InChI is InChI=1S/C9H9Cl.C7H7NO3S/c10-9-5-4-7-2-1-3-8(7)6-9;8-7(9)5-1-3-6(4-2-5)12(10)11/h4-6H,1-3H2;1-4H,(H2,8,9)(H,10,11)/p-1. The number of amides is 1. The Bertz CT molecular complexity index is 668. The molecule has 0 fully saturated rings. The van der Waals surface area contributed by atoms with Gasteiger partial charge in [-0.2, -0.15) is 0 Å². The highest BCUT2D eigenvalue weighted by molar-refractivity contribution is 7.79. The average molecular weight is 337 g/mol. The first kappa shape index (κ1) is 16.7. The van der Waals surface area contributed by atoms with Crippen LogP contribution >= 0.6 is 11.6 Å². The number of carbonyl (C=O) groups excluding carboxylic acids is 1. The maximum absolute atomic E-state index is 10.6. The molecule has 4 nitrogen and oxygen atoms in total. The van der Waals surface area contributed by atoms with Crippen LogP contribution in [0.3, 0.4) is 0 Å². The summed E-state index contributed by atoms with van der Waals surface area (Å²) in [6.45, 7) is 0. The van der Waals surface area contributed by atoms with Crippen LogP contribution in [0.1, 0.15) is 27.9 Å². The second-order valence-corrected chi connectivity index (χ2v) is 6.27. The van der Waals surface area contributed by atoms with Crippen molar-refractivity contribution in [2.24, 2.45) is 5.73 Å². The molecule has 1 atom stereocenters. The minimum absolute atomic E-state index is 0.139. The van der Waals surface area contributed by atoms with Crippen molar-refractivity contribution in [2.45, 2.75) is 24.2 Å². The molecule has 0 heterocycles. The third-order valence-electron chi connectivity index (χ3n) is 3.39. The molecular formula is C16H15ClNO3S-. The average Bonchev–Trinajstić information content (AvgIpc) is 2.95. The SMILES string of the molecule is Clc1ccc2c(c1)CCC2.NC(=O)c1ccc(S(=O)[O-])cc1. The minimum atomic E-state index is -2.25. The summed E-state index contributed by atoms with van der Waals surface area (Å²) >= 11 is 3.57. The summed E-state index contributed by atoms with van der Waals surface area (Å²) in [5, 5.41) is 0.876. The Hall–Kier alpha value is -1.69. The van der Waals surface area contributed by atoms with Gasteiger partial charge in [0.25, 0.3) is 0 Å². The fourth-order valence-electron chi connectivity index (χ4n) is 2.27. The van der Waals surface area contributed by atoms with Crippen molar-refractivity contribution in [1.82, 2.24) is 0 Å². The van der Waals surface area contributed by atoms with E-state index >= 15 is 0 Å². The van der Waals surface area contributed by atoms with Crippen LogP contribution in [-0.4, -0.2) is 14.7 Å². The Kier molecular flexibility index (Phi) is 5.71. The third kappa shape index (κ3) is 4.40. The lowest BCUT2D eigenvalue weighted by Crippen LogP contribution is -2.10. The van der Waals surface area contributed by atoms with E-state index in [2.05, 4.69) is 12.1 Å². The maximum Gasteiger partial charge on any atom is 0.248 e. The molecule has 116 valence electrons. The molecule has 0 bridgehead atoms. The second kappa shape index (κ2) is 7.54. The quantitative estimate of drug-likeness (QED) is 0.856. The second-order valence-electron chi connectivity index (χ2n) is 4.89. The van der Waals surface area contributed by atoms with E-state index in [1.165, 1.54) is 54.7 Å². The zero-order valence-corrected chi connectivity index (χ0v) is 13.3. The summed E-state index contributed by atoms with van der Waals surface area (Å²) in [7, 11) is 0. The van der Waals surface area contributed by atoms with Gasteiger partial charge >= 0.3 is 0 Å². The van der Waals surface area contributed by atoms with Gasteiger partial charge in [0.15, 0.2) is 0 Å². The first-order valence-corrected chi connectivity index (χ1v) is 8.19. The van der Waals surface area contributed by atoms with Gasteiger partial charge in [0.05, 0.1) is 0 Å². The summed E-state index contributed by atoms with van der Waals surface area (Å²) in [6.07, 6.45) is 3.76. The largest absolute Gasteiger partial charge is 0.768 e. The lowest BCUT2D eigenvalue weighted by atomic mass is 10.1. The van der Waals surface area contributed by atoms with Crippen LogP contribution in [0.4, 0.5) is 0 Å². The molecule has 0 radical (unpaired) electrons. The number of hydrogen-bond acceptors (Lipinski definition) is 3. The van der Waals surface area contributed by atoms with Gasteiger partial charge < -0.3 is 10.3 Å². The van der Waals surface area contributed by atoms with Crippen LogP contribution in [0.25, 0.3) is 0 Å². The summed E-state index contributed by atoms with van der Waals surface area (Å²) in [6, 6.07) is 11.6. The number of aryl methyl sites for hydroxylation is 2. The molecule has 2 aromatic carbocycles. The van der Waals surface area contributed by atoms with E-state index in [-0.39, 0.29) is 4.90 Å². The van der Waals surface area contributed by atoms with Crippen LogP contribution < -0.4 is 5.73 Å². The highest BCUT2D eigenvalue weighted by Gasteiger charge is 2.09. The van der Waals surface area contributed by atoms with E-state index < -0.39 is 17.0 Å². The van der Waals surface area contributed by atoms with Crippen LogP contribution in [0.15, 0.2) is 47.4 Å². The Morgan fingerprint density at radius 2 is 1.73 bits per heavy atom. The van der Waals surface area contributed by atoms with E-state index in [1.54, 1.807) is 0 Å². The van der Waals surface area contributed by atoms with Crippen molar-refractivity contribution < 1.29 is 13.6 Å². The molecule has 1 unspecified atom stereocenters. The Balaban J connectivity index is 0.000000162. The number of benzene rings is 2. The predicted octanol–water partition coefficient (Wildman–Crippen LogP) is 2.85. The van der Waals surface area contributed by atoms with Crippen LogP contribution in [0.2, 0.25) is 5.02 Å². The number of hydrogen-bond donors (Lipinski definition) is 1. The minimum Gasteiger partial charge on any atom is -0.768 e. The molecule has 6 heteroatoms. The summed E-state index contributed by atoms with van der Waals surface area (Å²) in [5.74, 6) is -0.571. The molecule has 0 aromatic heterocycles. The first-order valence-electron chi connectivity index (χ1n) is 6.74. The molecule has 22 heavy (non-hydrogen) atoms. The summed E-state index contributed by atoms with van der Waals surface area (Å²) in [5.41, 5.74) is 8.18. The number of rotatable bonds is 2. The summed E-state index contributed by atoms with van der Waals surface area (Å²) < 4.78 is 20.7. The van der Waals surface area contributed by atoms with E-state index in [1.807, 2.05) is 6.07 Å². The van der Waals surface area contributed by atoms with Gasteiger partial charge in [0, 0.05) is 15.5 Å². The zero-order chi connectivity index (χ0) is 16.1. The van der Waals surface area contributed by atoms with E-state index in [0.717, 1.165) is 5.02 Å². The smallest absolute Gasteiger partial charge is 0.248 e. The van der Waals surface area contributed by atoms with E-state index in [0.29, 0.717) is 5.56 Å². The Labute approximate surface area is 136 Å². The maximum atomic E-state index is 10.6. The van der Waals surface area contributed by atoms with Crippen molar-refractivity contribution in [1.29, 1.82) is 0 Å². The van der Waals surface area contributed by atoms with Gasteiger partial charge in [-0.25, -0.2) is 0 Å². The van der Waals surface area contributed by atoms with Gasteiger partial charge in [0.1, 0.15) is 0 Å². The van der Waals surface area contributed by atoms with Crippen LogP contribution in [-0.2, 0) is 23.9 Å². The van der Waals surface area contributed by atoms with Gasteiger partial charge in [-0.1, -0.05) is 17.7 Å². The number of primary amides is 1. The normalized spacial score (nSPS) is 13.7. The molecule has 0 aliphatic heterocycles. The monoisotopic (exact) mass is 336 g/mol.